The lowest BCUT2D eigenvalue weighted by molar-refractivity contribution is -0.168. The fourth-order valence-electron chi connectivity index (χ4n) is 4.67. The maximum atomic E-state index is 12.3. The summed E-state index contributed by atoms with van der Waals surface area (Å²) in [5.74, 6) is -2.00. The summed E-state index contributed by atoms with van der Waals surface area (Å²) in [5.41, 5.74) is -1.16. The summed E-state index contributed by atoms with van der Waals surface area (Å²) in [7, 11) is 0. The Bertz CT molecular complexity index is 645. The van der Waals surface area contributed by atoms with Gasteiger partial charge in [-0.15, -0.1) is 0 Å². The van der Waals surface area contributed by atoms with Crippen molar-refractivity contribution in [3.8, 4) is 0 Å². The topological polar surface area (TPSA) is 105 Å². The minimum atomic E-state index is -1.16. The minimum Gasteiger partial charge on any atom is -0.465 e. The molecule has 41 heavy (non-hydrogen) atoms. The highest BCUT2D eigenvalue weighted by Gasteiger charge is 2.37. The maximum absolute atomic E-state index is 12.3. The number of esters is 4. The Labute approximate surface area is 250 Å². The highest BCUT2D eigenvalue weighted by molar-refractivity contribution is 5.69. The third-order valence-electron chi connectivity index (χ3n) is 7.27. The van der Waals surface area contributed by atoms with Crippen LogP contribution < -0.4 is 0 Å². The Morgan fingerprint density at radius 1 is 0.415 bits per heavy atom. The quantitative estimate of drug-likeness (QED) is 0.0517. The van der Waals surface area contributed by atoms with Gasteiger partial charge in [0.15, 0.2) is 0 Å². The first-order chi connectivity index (χ1) is 19.7. The zero-order valence-corrected chi connectivity index (χ0v) is 26.7. The second kappa shape index (κ2) is 26.8. The summed E-state index contributed by atoms with van der Waals surface area (Å²) in [6.45, 7) is 5.17. The summed E-state index contributed by atoms with van der Waals surface area (Å²) in [6, 6.07) is 0. The normalized spacial score (nSPS) is 11.2. The zero-order chi connectivity index (χ0) is 30.6. The third-order valence-corrected chi connectivity index (χ3v) is 7.27. The summed E-state index contributed by atoms with van der Waals surface area (Å²) in [5, 5.41) is 0. The largest absolute Gasteiger partial charge is 0.465 e. The van der Waals surface area contributed by atoms with Crippen molar-refractivity contribution >= 4 is 23.9 Å². The highest BCUT2D eigenvalue weighted by atomic mass is 16.6. The number of ether oxygens (including phenoxy) is 4. The molecule has 240 valence electrons. The van der Waals surface area contributed by atoms with E-state index in [-0.39, 0.29) is 38.8 Å². The molecule has 0 aliphatic carbocycles. The first-order valence-electron chi connectivity index (χ1n) is 16.3. The molecule has 0 heterocycles. The van der Waals surface area contributed by atoms with Gasteiger partial charge in [-0.25, -0.2) is 0 Å². The van der Waals surface area contributed by atoms with E-state index < -0.39 is 23.3 Å². The van der Waals surface area contributed by atoms with Crippen molar-refractivity contribution in [2.24, 2.45) is 5.41 Å². The molecule has 0 spiro atoms. The summed E-state index contributed by atoms with van der Waals surface area (Å²) in [6.07, 6.45) is 24.8. The van der Waals surface area contributed by atoms with E-state index >= 15 is 0 Å². The van der Waals surface area contributed by atoms with E-state index in [1.807, 2.05) is 0 Å². The number of hydrogen-bond donors (Lipinski definition) is 0. The van der Waals surface area contributed by atoms with Crippen LogP contribution in [-0.4, -0.2) is 50.3 Å². The number of carbonyl (C=O) groups excluding carboxylic acids is 4. The molecule has 8 nitrogen and oxygen atoms in total. The van der Waals surface area contributed by atoms with E-state index in [0.717, 1.165) is 19.3 Å². The Morgan fingerprint density at radius 2 is 0.683 bits per heavy atom. The smallest absolute Gasteiger partial charge is 0.305 e. The van der Waals surface area contributed by atoms with E-state index in [1.54, 1.807) is 0 Å². The molecule has 0 saturated carbocycles. The van der Waals surface area contributed by atoms with E-state index in [9.17, 15) is 19.2 Å². The van der Waals surface area contributed by atoms with Gasteiger partial charge in [-0.2, -0.15) is 0 Å². The van der Waals surface area contributed by atoms with Crippen LogP contribution in [0.15, 0.2) is 0 Å². The van der Waals surface area contributed by atoms with Crippen LogP contribution in [0.1, 0.15) is 156 Å². The monoisotopic (exact) mass is 584 g/mol. The molecule has 0 N–H and O–H groups in total. The zero-order valence-electron chi connectivity index (χ0n) is 26.7. The van der Waals surface area contributed by atoms with E-state index in [0.29, 0.717) is 0 Å². The molecular weight excluding hydrogens is 524 g/mol. The number of unbranched alkanes of at least 4 members (excludes halogenated alkanes) is 18. The van der Waals surface area contributed by atoms with E-state index in [2.05, 4.69) is 6.92 Å². The Balaban J connectivity index is 3.92. The predicted molar refractivity (Wildman–Crippen MR) is 161 cm³/mol. The molecule has 0 atom stereocenters. The minimum absolute atomic E-state index is 0.196. The Hall–Kier alpha value is -2.12. The van der Waals surface area contributed by atoms with Crippen molar-refractivity contribution in [2.75, 3.05) is 26.4 Å². The molecule has 0 aliphatic heterocycles. The highest BCUT2D eigenvalue weighted by Crippen LogP contribution is 2.22. The lowest BCUT2D eigenvalue weighted by Gasteiger charge is -2.31. The van der Waals surface area contributed by atoms with Crippen LogP contribution in [0.4, 0.5) is 0 Å². The van der Waals surface area contributed by atoms with E-state index in [1.165, 1.54) is 124 Å². The van der Waals surface area contributed by atoms with E-state index in [4.69, 9.17) is 18.9 Å². The Morgan fingerprint density at radius 3 is 0.976 bits per heavy atom. The molecule has 8 heteroatoms. The first-order valence-corrected chi connectivity index (χ1v) is 16.3. The van der Waals surface area contributed by atoms with Gasteiger partial charge in [0.05, 0.1) is 0 Å². The molecule has 0 unspecified atom stereocenters. The Kier molecular flexibility index (Phi) is 25.4. The van der Waals surface area contributed by atoms with Gasteiger partial charge >= 0.3 is 23.9 Å². The second-order valence-electron chi connectivity index (χ2n) is 11.6. The third kappa shape index (κ3) is 26.5. The van der Waals surface area contributed by atoms with Crippen LogP contribution in [-0.2, 0) is 38.1 Å². The average molecular weight is 585 g/mol. The molecule has 0 rings (SSSR count). The molecule has 0 aromatic heterocycles. The SMILES string of the molecule is CCCCCCCCCCCCCCCCCCCCCC(=O)OCC(COC(C)=O)(COC(C)=O)COC(C)=O. The van der Waals surface area contributed by atoms with Gasteiger partial charge < -0.3 is 18.9 Å². The lowest BCUT2D eigenvalue weighted by Crippen LogP contribution is -2.43. The van der Waals surface area contributed by atoms with Gasteiger partial charge in [0.25, 0.3) is 0 Å². The second-order valence-corrected chi connectivity index (χ2v) is 11.6. The van der Waals surface area contributed by atoms with Gasteiger partial charge in [-0.1, -0.05) is 122 Å². The van der Waals surface area contributed by atoms with Gasteiger partial charge in [-0.05, 0) is 6.42 Å². The predicted octanol–water partition coefficient (Wildman–Crippen LogP) is 8.03. The molecule has 0 saturated heterocycles. The fraction of sp³-hybridized carbons (Fsp3) is 0.879. The molecule has 0 fully saturated rings. The molecule has 0 bridgehead atoms. The van der Waals surface area contributed by atoms with Crippen LogP contribution in [0, 0.1) is 5.41 Å². The van der Waals surface area contributed by atoms with Crippen molar-refractivity contribution < 1.29 is 38.1 Å². The lowest BCUT2D eigenvalue weighted by atomic mass is 9.92. The van der Waals surface area contributed by atoms with Gasteiger partial charge in [0.1, 0.15) is 31.8 Å². The molecule has 0 aliphatic rings. The summed E-state index contributed by atoms with van der Waals surface area (Å²) < 4.78 is 20.7. The average Bonchev–Trinajstić information content (AvgIpc) is 2.93. The van der Waals surface area contributed by atoms with Crippen molar-refractivity contribution in [1.29, 1.82) is 0 Å². The van der Waals surface area contributed by atoms with Gasteiger partial charge in [-0.3, -0.25) is 19.2 Å². The first kappa shape index (κ1) is 38.9. The van der Waals surface area contributed by atoms with Gasteiger partial charge in [0, 0.05) is 27.2 Å². The van der Waals surface area contributed by atoms with Crippen molar-refractivity contribution in [3.63, 3.8) is 0 Å². The summed E-state index contributed by atoms with van der Waals surface area (Å²) in [4.78, 5) is 46.4. The van der Waals surface area contributed by atoms with Crippen LogP contribution in [0.2, 0.25) is 0 Å². The molecule has 0 aromatic rings. The molecule has 0 radical (unpaired) electrons. The van der Waals surface area contributed by atoms with Crippen molar-refractivity contribution in [2.45, 2.75) is 156 Å². The number of rotatable bonds is 28. The van der Waals surface area contributed by atoms with Crippen LogP contribution >= 0.6 is 0 Å². The molecule has 0 amide bonds. The fourth-order valence-corrected chi connectivity index (χ4v) is 4.67. The summed E-state index contributed by atoms with van der Waals surface area (Å²) >= 11 is 0. The molecular formula is C33H60O8. The van der Waals surface area contributed by atoms with Gasteiger partial charge in [0.2, 0.25) is 0 Å². The number of carbonyl (C=O) groups is 4. The van der Waals surface area contributed by atoms with Crippen LogP contribution in [0.25, 0.3) is 0 Å². The van der Waals surface area contributed by atoms with Crippen molar-refractivity contribution in [1.82, 2.24) is 0 Å². The van der Waals surface area contributed by atoms with Crippen LogP contribution in [0.5, 0.6) is 0 Å². The standard InChI is InChI=1S/C33H60O8/c1-5-6-7-8-9-10-11-12-13-14-15-16-17-18-19-20-21-22-23-24-32(37)41-28-33(25-38-29(2)34,26-39-30(3)35)27-40-31(4)36/h5-28H2,1-4H3. The van der Waals surface area contributed by atoms with Crippen molar-refractivity contribution in [3.05, 3.63) is 0 Å². The van der Waals surface area contributed by atoms with Crippen LogP contribution in [0.3, 0.4) is 0 Å². The number of hydrogen-bond acceptors (Lipinski definition) is 8. The maximum Gasteiger partial charge on any atom is 0.305 e. The molecule has 0 aromatic carbocycles.